The molecule has 1 aliphatic rings. The zero-order valence-electron chi connectivity index (χ0n) is 9.89. The number of hydrogen-bond acceptors (Lipinski definition) is 5. The number of piperidine rings is 1. The number of anilines is 2. The normalized spacial score (nSPS) is 16.8. The Morgan fingerprint density at radius 3 is 2.82 bits per heavy atom. The molecule has 17 heavy (non-hydrogen) atoms. The first-order valence-electron chi connectivity index (χ1n) is 5.68. The Hall–Kier alpha value is -1.80. The van der Waals surface area contributed by atoms with Gasteiger partial charge in [-0.1, -0.05) is 0 Å². The third kappa shape index (κ3) is 2.32. The Balaban J connectivity index is 2.16. The molecule has 0 saturated carbocycles. The van der Waals surface area contributed by atoms with Gasteiger partial charge in [-0.15, -0.1) is 0 Å². The van der Waals surface area contributed by atoms with Crippen molar-refractivity contribution in [2.24, 2.45) is 0 Å². The molecule has 2 N–H and O–H groups in total. The molecule has 5 heteroatoms. The van der Waals surface area contributed by atoms with Gasteiger partial charge < -0.3 is 15.4 Å². The summed E-state index contributed by atoms with van der Waals surface area (Å²) in [5.41, 5.74) is 6.90. The number of hydrogen-bond donors (Lipinski definition) is 1. The lowest BCUT2D eigenvalue weighted by Gasteiger charge is -2.32. The standard InChI is InChI=1S/C12H16N4O/c1-17-10-3-6-16(7-4-10)12-11(14)9(8-13)2-5-15-12/h2,5,10H,3-4,6-7,14H2,1H3. The van der Waals surface area contributed by atoms with Crippen LogP contribution in [0.15, 0.2) is 12.3 Å². The van der Waals surface area contributed by atoms with Crippen molar-refractivity contribution >= 4 is 11.5 Å². The third-order valence-corrected chi connectivity index (χ3v) is 3.16. The van der Waals surface area contributed by atoms with Gasteiger partial charge in [0.15, 0.2) is 5.82 Å². The lowest BCUT2D eigenvalue weighted by Crippen LogP contribution is -2.37. The summed E-state index contributed by atoms with van der Waals surface area (Å²) in [6, 6.07) is 3.72. The second-order valence-electron chi connectivity index (χ2n) is 4.13. The molecular formula is C12H16N4O. The van der Waals surface area contributed by atoms with E-state index in [2.05, 4.69) is 16.0 Å². The van der Waals surface area contributed by atoms with Crippen molar-refractivity contribution < 1.29 is 4.74 Å². The highest BCUT2D eigenvalue weighted by Gasteiger charge is 2.21. The summed E-state index contributed by atoms with van der Waals surface area (Å²) >= 11 is 0. The van der Waals surface area contributed by atoms with Crippen LogP contribution in [0.5, 0.6) is 0 Å². The number of nitriles is 1. The molecule has 0 spiro atoms. The summed E-state index contributed by atoms with van der Waals surface area (Å²) in [6.45, 7) is 1.73. The number of aromatic nitrogens is 1. The van der Waals surface area contributed by atoms with Gasteiger partial charge in [-0.25, -0.2) is 4.98 Å². The Bertz CT molecular complexity index is 433. The molecular weight excluding hydrogens is 216 g/mol. The first-order chi connectivity index (χ1) is 8.26. The molecule has 1 fully saturated rings. The van der Waals surface area contributed by atoms with E-state index >= 15 is 0 Å². The topological polar surface area (TPSA) is 75.2 Å². The average molecular weight is 232 g/mol. The van der Waals surface area contributed by atoms with Crippen LogP contribution >= 0.6 is 0 Å². The van der Waals surface area contributed by atoms with E-state index in [-0.39, 0.29) is 0 Å². The maximum Gasteiger partial charge on any atom is 0.153 e. The molecule has 1 saturated heterocycles. The van der Waals surface area contributed by atoms with Crippen LogP contribution in [0.3, 0.4) is 0 Å². The van der Waals surface area contributed by atoms with Crippen molar-refractivity contribution in [3.05, 3.63) is 17.8 Å². The van der Waals surface area contributed by atoms with E-state index in [0.717, 1.165) is 31.7 Å². The van der Waals surface area contributed by atoms with Crippen molar-refractivity contribution in [2.45, 2.75) is 18.9 Å². The van der Waals surface area contributed by atoms with Crippen LogP contribution < -0.4 is 10.6 Å². The van der Waals surface area contributed by atoms with Crippen molar-refractivity contribution in [1.29, 1.82) is 5.26 Å². The van der Waals surface area contributed by atoms with Gasteiger partial charge >= 0.3 is 0 Å². The molecule has 1 aromatic heterocycles. The number of nitrogen functional groups attached to an aromatic ring is 1. The zero-order valence-corrected chi connectivity index (χ0v) is 9.89. The number of nitrogens with two attached hydrogens (primary N) is 1. The van der Waals surface area contributed by atoms with Crippen LogP contribution in [0.1, 0.15) is 18.4 Å². The molecule has 1 aliphatic heterocycles. The van der Waals surface area contributed by atoms with Crippen molar-refractivity contribution in [1.82, 2.24) is 4.98 Å². The lowest BCUT2D eigenvalue weighted by atomic mass is 10.1. The van der Waals surface area contributed by atoms with Gasteiger partial charge in [0.25, 0.3) is 0 Å². The molecule has 5 nitrogen and oxygen atoms in total. The first-order valence-corrected chi connectivity index (χ1v) is 5.68. The minimum Gasteiger partial charge on any atom is -0.395 e. The molecule has 0 aromatic carbocycles. The molecule has 1 aromatic rings. The lowest BCUT2D eigenvalue weighted by molar-refractivity contribution is 0.0818. The largest absolute Gasteiger partial charge is 0.395 e. The highest BCUT2D eigenvalue weighted by atomic mass is 16.5. The molecule has 0 unspecified atom stereocenters. The van der Waals surface area contributed by atoms with Crippen molar-refractivity contribution in [3.63, 3.8) is 0 Å². The van der Waals surface area contributed by atoms with Gasteiger partial charge in [0.05, 0.1) is 17.4 Å². The average Bonchev–Trinajstić information content (AvgIpc) is 2.39. The molecule has 90 valence electrons. The van der Waals surface area contributed by atoms with Crippen LogP contribution in [-0.4, -0.2) is 31.3 Å². The van der Waals surface area contributed by atoms with Crippen LogP contribution in [0.4, 0.5) is 11.5 Å². The second-order valence-corrected chi connectivity index (χ2v) is 4.13. The van der Waals surface area contributed by atoms with E-state index in [1.165, 1.54) is 0 Å². The van der Waals surface area contributed by atoms with Crippen molar-refractivity contribution in [2.75, 3.05) is 30.8 Å². The predicted molar refractivity (Wildman–Crippen MR) is 65.6 cm³/mol. The van der Waals surface area contributed by atoms with E-state index < -0.39 is 0 Å². The fourth-order valence-electron chi connectivity index (χ4n) is 2.11. The van der Waals surface area contributed by atoms with Gasteiger partial charge in [-0.05, 0) is 18.9 Å². The third-order valence-electron chi connectivity index (χ3n) is 3.16. The summed E-state index contributed by atoms with van der Waals surface area (Å²) < 4.78 is 5.32. The minimum atomic E-state index is 0.326. The Morgan fingerprint density at radius 1 is 1.53 bits per heavy atom. The fraction of sp³-hybridized carbons (Fsp3) is 0.500. The monoisotopic (exact) mass is 232 g/mol. The molecule has 0 bridgehead atoms. The number of ether oxygens (including phenoxy) is 1. The second kappa shape index (κ2) is 5.02. The summed E-state index contributed by atoms with van der Waals surface area (Å²) in [4.78, 5) is 6.39. The Labute approximate surface area is 101 Å². The predicted octanol–water partition coefficient (Wildman–Crippen LogP) is 1.15. The van der Waals surface area contributed by atoms with Crippen LogP contribution in [-0.2, 0) is 4.74 Å². The van der Waals surface area contributed by atoms with E-state index in [4.69, 9.17) is 15.7 Å². The van der Waals surface area contributed by atoms with E-state index in [1.807, 2.05) is 0 Å². The van der Waals surface area contributed by atoms with E-state index in [9.17, 15) is 0 Å². The minimum absolute atomic E-state index is 0.326. The van der Waals surface area contributed by atoms with Crippen LogP contribution in [0.2, 0.25) is 0 Å². The van der Waals surface area contributed by atoms with Gasteiger partial charge in [-0.3, -0.25) is 0 Å². The molecule has 0 amide bonds. The number of nitrogens with zero attached hydrogens (tertiary/aromatic N) is 3. The number of methoxy groups -OCH3 is 1. The van der Waals surface area contributed by atoms with Gasteiger partial charge in [0, 0.05) is 26.4 Å². The van der Waals surface area contributed by atoms with E-state index in [0.29, 0.717) is 17.4 Å². The maximum absolute atomic E-state index is 8.93. The molecule has 0 atom stereocenters. The van der Waals surface area contributed by atoms with Gasteiger partial charge in [0.1, 0.15) is 6.07 Å². The molecule has 0 aliphatic carbocycles. The molecule has 2 rings (SSSR count). The fourth-order valence-corrected chi connectivity index (χ4v) is 2.11. The quantitative estimate of drug-likeness (QED) is 0.827. The molecule has 0 radical (unpaired) electrons. The van der Waals surface area contributed by atoms with E-state index in [1.54, 1.807) is 19.4 Å². The van der Waals surface area contributed by atoms with Crippen molar-refractivity contribution in [3.8, 4) is 6.07 Å². The molecule has 2 heterocycles. The number of pyridine rings is 1. The Kier molecular flexibility index (Phi) is 3.45. The highest BCUT2D eigenvalue weighted by molar-refractivity contribution is 5.70. The summed E-state index contributed by atoms with van der Waals surface area (Å²) in [6.07, 6.45) is 3.89. The first kappa shape index (κ1) is 11.7. The SMILES string of the molecule is COC1CCN(c2nccc(C#N)c2N)CC1. The smallest absolute Gasteiger partial charge is 0.153 e. The van der Waals surface area contributed by atoms with Crippen LogP contribution in [0, 0.1) is 11.3 Å². The highest BCUT2D eigenvalue weighted by Crippen LogP contribution is 2.26. The maximum atomic E-state index is 8.93. The summed E-state index contributed by atoms with van der Waals surface area (Å²) in [7, 11) is 1.74. The van der Waals surface area contributed by atoms with Gasteiger partial charge in [-0.2, -0.15) is 5.26 Å². The summed E-state index contributed by atoms with van der Waals surface area (Å²) in [5, 5.41) is 8.93. The van der Waals surface area contributed by atoms with Gasteiger partial charge in [0.2, 0.25) is 0 Å². The summed E-state index contributed by atoms with van der Waals surface area (Å²) in [5.74, 6) is 0.721. The van der Waals surface area contributed by atoms with Crippen LogP contribution in [0.25, 0.3) is 0 Å². The number of rotatable bonds is 2. The zero-order chi connectivity index (χ0) is 12.3. The Morgan fingerprint density at radius 2 is 2.24 bits per heavy atom.